The molecule has 0 aliphatic carbocycles. The fourth-order valence-electron chi connectivity index (χ4n) is 1.58. The van der Waals surface area contributed by atoms with Crippen LogP contribution in [0.2, 0.25) is 0 Å². The van der Waals surface area contributed by atoms with Gasteiger partial charge in [-0.2, -0.15) is 4.90 Å². The van der Waals surface area contributed by atoms with Crippen molar-refractivity contribution in [2.45, 2.75) is 26.3 Å². The van der Waals surface area contributed by atoms with Crippen molar-refractivity contribution >= 4 is 24.0 Å². The number of fused-ring (bicyclic) bond motifs is 1. The third-order valence-corrected chi connectivity index (χ3v) is 3.94. The first-order valence-electron chi connectivity index (χ1n) is 5.71. The predicted octanol–water partition coefficient (Wildman–Crippen LogP) is 1.83. The molecule has 0 aromatic rings. The summed E-state index contributed by atoms with van der Waals surface area (Å²) in [7, 11) is 0. The van der Waals surface area contributed by atoms with Crippen molar-refractivity contribution in [1.82, 2.24) is 4.90 Å². The Labute approximate surface area is 114 Å². The summed E-state index contributed by atoms with van der Waals surface area (Å²) < 4.78 is 14.6. The number of aliphatic hydroxyl groups is 1. The minimum atomic E-state index is -0.952. The number of allylic oxidation sites excluding steroid dienone is 1. The molecule has 2 rings (SSSR count). The van der Waals surface area contributed by atoms with Crippen molar-refractivity contribution in [3.63, 3.8) is 0 Å². The molecule has 0 unspecified atom stereocenters. The number of hydrogen-bond acceptors (Lipinski definition) is 7. The molecule has 8 heteroatoms. The third kappa shape index (κ3) is 2.64. The van der Waals surface area contributed by atoms with Gasteiger partial charge in [0.15, 0.2) is 0 Å². The molecule has 2 heterocycles. The highest BCUT2D eigenvalue weighted by molar-refractivity contribution is 8.03. The van der Waals surface area contributed by atoms with E-state index in [9.17, 15) is 9.59 Å². The first-order chi connectivity index (χ1) is 8.84. The van der Waals surface area contributed by atoms with Crippen molar-refractivity contribution in [2.24, 2.45) is 5.41 Å². The lowest BCUT2D eigenvalue weighted by molar-refractivity contribution is -0.0509. The molecule has 0 spiro atoms. The number of rotatable bonds is 3. The van der Waals surface area contributed by atoms with E-state index in [1.54, 1.807) is 0 Å². The Morgan fingerprint density at radius 1 is 1.53 bits per heavy atom. The van der Waals surface area contributed by atoms with Crippen LogP contribution < -0.4 is 0 Å². The SMILES string of the molecule is CC(C)(C)C1=C(OC(=O)OCCO)N2C(=O)O[C@@H]2S1. The topological polar surface area (TPSA) is 85.3 Å². The smallest absolute Gasteiger partial charge is 0.432 e. The van der Waals surface area contributed by atoms with Gasteiger partial charge in [-0.25, -0.2) is 9.59 Å². The van der Waals surface area contributed by atoms with E-state index in [1.165, 1.54) is 16.7 Å². The number of carbonyl (C=O) groups excluding carboxylic acids is 2. The molecule has 0 aromatic carbocycles. The fraction of sp³-hybridized carbons (Fsp3) is 0.636. The third-order valence-electron chi connectivity index (χ3n) is 2.41. The second-order valence-electron chi connectivity index (χ2n) is 4.99. The molecule has 1 atom stereocenters. The molecule has 2 aliphatic rings. The van der Waals surface area contributed by atoms with Crippen LogP contribution in [0.15, 0.2) is 10.8 Å². The number of thioether (sulfide) groups is 1. The van der Waals surface area contributed by atoms with Crippen molar-refractivity contribution in [1.29, 1.82) is 0 Å². The van der Waals surface area contributed by atoms with Crippen LogP contribution in [0, 0.1) is 5.41 Å². The molecular formula is C11H15NO6S. The Bertz CT molecular complexity index is 441. The van der Waals surface area contributed by atoms with Crippen LogP contribution >= 0.6 is 11.8 Å². The van der Waals surface area contributed by atoms with E-state index in [2.05, 4.69) is 4.74 Å². The average molecular weight is 289 g/mol. The maximum atomic E-state index is 11.4. The molecule has 2 aliphatic heterocycles. The van der Waals surface area contributed by atoms with E-state index in [0.29, 0.717) is 0 Å². The Balaban J connectivity index is 2.16. The predicted molar refractivity (Wildman–Crippen MR) is 65.7 cm³/mol. The number of hydrogen-bond donors (Lipinski definition) is 1. The van der Waals surface area contributed by atoms with E-state index in [4.69, 9.17) is 14.6 Å². The summed E-state index contributed by atoms with van der Waals surface area (Å²) in [5.74, 6) is 0.154. The lowest BCUT2D eigenvalue weighted by atomic mass is 9.96. The summed E-state index contributed by atoms with van der Waals surface area (Å²) in [5.41, 5.74) is -0.763. The molecule has 0 bridgehead atoms. The van der Waals surface area contributed by atoms with Gasteiger partial charge in [0.25, 0.3) is 0 Å². The van der Waals surface area contributed by atoms with E-state index in [1.807, 2.05) is 20.8 Å². The van der Waals surface area contributed by atoms with E-state index in [0.717, 1.165) is 4.91 Å². The van der Waals surface area contributed by atoms with Gasteiger partial charge in [-0.15, -0.1) is 0 Å². The second kappa shape index (κ2) is 4.93. The van der Waals surface area contributed by atoms with Gasteiger partial charge in [-0.3, -0.25) is 0 Å². The van der Waals surface area contributed by atoms with Gasteiger partial charge >= 0.3 is 12.2 Å². The van der Waals surface area contributed by atoms with Gasteiger partial charge in [0.05, 0.1) is 11.5 Å². The molecule has 1 amide bonds. The van der Waals surface area contributed by atoms with E-state index in [-0.39, 0.29) is 24.5 Å². The first kappa shape index (κ1) is 14.0. The molecular weight excluding hydrogens is 274 g/mol. The number of aliphatic hydroxyl groups excluding tert-OH is 1. The largest absolute Gasteiger partial charge is 0.515 e. The van der Waals surface area contributed by atoms with Crippen LogP contribution in [0.4, 0.5) is 9.59 Å². The van der Waals surface area contributed by atoms with Crippen LogP contribution in [0.25, 0.3) is 0 Å². The normalized spacial score (nSPS) is 21.8. The monoisotopic (exact) mass is 289 g/mol. The molecule has 0 aromatic heterocycles. The molecule has 19 heavy (non-hydrogen) atoms. The minimum Gasteiger partial charge on any atom is -0.432 e. The number of nitrogens with zero attached hydrogens (tertiary/aromatic N) is 1. The lowest BCUT2D eigenvalue weighted by Gasteiger charge is -2.33. The Hall–Kier alpha value is -1.41. The summed E-state index contributed by atoms with van der Waals surface area (Å²) >= 11 is 1.33. The van der Waals surface area contributed by atoms with Gasteiger partial charge in [-0.05, 0) is 5.41 Å². The van der Waals surface area contributed by atoms with Gasteiger partial charge < -0.3 is 19.3 Å². The summed E-state index contributed by atoms with van der Waals surface area (Å²) in [4.78, 5) is 24.8. The van der Waals surface area contributed by atoms with Gasteiger partial charge in [-0.1, -0.05) is 32.5 Å². The molecule has 7 nitrogen and oxygen atoms in total. The summed E-state index contributed by atoms with van der Waals surface area (Å²) in [6.07, 6.45) is -1.51. The highest BCUT2D eigenvalue weighted by Crippen LogP contribution is 2.51. The van der Waals surface area contributed by atoms with Crippen LogP contribution in [0.1, 0.15) is 20.8 Å². The molecule has 1 fully saturated rings. The Morgan fingerprint density at radius 2 is 2.21 bits per heavy atom. The van der Waals surface area contributed by atoms with Crippen molar-refractivity contribution in [3.8, 4) is 0 Å². The number of carbonyl (C=O) groups is 2. The maximum absolute atomic E-state index is 11.4. The Morgan fingerprint density at radius 3 is 2.74 bits per heavy atom. The fourth-order valence-corrected chi connectivity index (χ4v) is 2.79. The zero-order valence-corrected chi connectivity index (χ0v) is 11.7. The average Bonchev–Trinajstić information content (AvgIpc) is 2.58. The minimum absolute atomic E-state index is 0.154. The van der Waals surface area contributed by atoms with Gasteiger partial charge in [0.2, 0.25) is 11.4 Å². The number of ether oxygens (including phenoxy) is 3. The molecule has 106 valence electrons. The first-order valence-corrected chi connectivity index (χ1v) is 6.59. The maximum Gasteiger partial charge on any atom is 0.515 e. The van der Waals surface area contributed by atoms with Crippen molar-refractivity contribution in [2.75, 3.05) is 13.2 Å². The van der Waals surface area contributed by atoms with E-state index < -0.39 is 17.8 Å². The van der Waals surface area contributed by atoms with Crippen LogP contribution in [0.5, 0.6) is 0 Å². The summed E-state index contributed by atoms with van der Waals surface area (Å²) in [5, 5.41) is 8.57. The van der Waals surface area contributed by atoms with Crippen LogP contribution in [-0.2, 0) is 14.2 Å². The quantitative estimate of drug-likeness (QED) is 0.793. The van der Waals surface area contributed by atoms with E-state index >= 15 is 0 Å². The lowest BCUT2D eigenvalue weighted by Crippen LogP contribution is -2.49. The van der Waals surface area contributed by atoms with Gasteiger partial charge in [0, 0.05) is 0 Å². The standard InChI is InChI=1S/C11H15NO6S/c1-11(2,3)6-7(17-10(15)16-5-4-13)12-8(14)18-9(12)19-6/h9,13H,4-5H2,1-3H3/t9-/m1/s1. The highest BCUT2D eigenvalue weighted by atomic mass is 32.2. The molecule has 1 N–H and O–H groups in total. The van der Waals surface area contributed by atoms with Crippen LogP contribution in [-0.4, -0.2) is 41.0 Å². The van der Waals surface area contributed by atoms with Gasteiger partial charge in [0.1, 0.15) is 6.61 Å². The highest BCUT2D eigenvalue weighted by Gasteiger charge is 2.52. The second-order valence-corrected chi connectivity index (χ2v) is 6.03. The number of amides is 1. The zero-order valence-electron chi connectivity index (χ0n) is 10.8. The molecule has 1 saturated heterocycles. The molecule has 0 saturated carbocycles. The zero-order chi connectivity index (χ0) is 14.2. The summed E-state index contributed by atoms with van der Waals surface area (Å²) in [6, 6.07) is 0. The summed E-state index contributed by atoms with van der Waals surface area (Å²) in [6.45, 7) is 5.37. The van der Waals surface area contributed by atoms with Crippen LogP contribution in [0.3, 0.4) is 0 Å². The Kier molecular flexibility index (Phi) is 3.64. The van der Waals surface area contributed by atoms with Crippen molar-refractivity contribution < 1.29 is 28.9 Å². The molecule has 0 radical (unpaired) electrons. The van der Waals surface area contributed by atoms with Crippen molar-refractivity contribution in [3.05, 3.63) is 10.8 Å².